The summed E-state index contributed by atoms with van der Waals surface area (Å²) < 4.78 is 4.90. The zero-order chi connectivity index (χ0) is 11.5. The maximum absolute atomic E-state index is 11.8. The first-order chi connectivity index (χ1) is 6.97. The SMILES string of the molecule is COCCC(=O)N1CCC(N)C(C)(C)C1. The second kappa shape index (κ2) is 4.94. The van der Waals surface area contributed by atoms with Crippen LogP contribution in [0.1, 0.15) is 26.7 Å². The molecule has 0 aromatic rings. The topological polar surface area (TPSA) is 55.6 Å². The van der Waals surface area contributed by atoms with E-state index in [4.69, 9.17) is 10.5 Å². The van der Waals surface area contributed by atoms with Crippen LogP contribution < -0.4 is 5.73 Å². The van der Waals surface area contributed by atoms with Gasteiger partial charge in [-0.2, -0.15) is 0 Å². The van der Waals surface area contributed by atoms with E-state index in [-0.39, 0.29) is 17.4 Å². The predicted octanol–water partition coefficient (Wildman–Crippen LogP) is 0.609. The largest absolute Gasteiger partial charge is 0.384 e. The van der Waals surface area contributed by atoms with Crippen LogP contribution in [-0.4, -0.2) is 43.7 Å². The Bertz CT molecular complexity index is 229. The minimum Gasteiger partial charge on any atom is -0.384 e. The van der Waals surface area contributed by atoms with E-state index in [9.17, 15) is 4.79 Å². The Morgan fingerprint density at radius 3 is 2.80 bits per heavy atom. The maximum atomic E-state index is 11.8. The van der Waals surface area contributed by atoms with Crippen LogP contribution >= 0.6 is 0 Å². The molecule has 0 radical (unpaired) electrons. The highest BCUT2D eigenvalue weighted by atomic mass is 16.5. The number of nitrogens with two attached hydrogens (primary N) is 1. The lowest BCUT2D eigenvalue weighted by Crippen LogP contribution is -2.54. The molecule has 0 aromatic heterocycles. The molecule has 1 aliphatic rings. The number of hydrogen-bond donors (Lipinski definition) is 1. The molecule has 1 amide bonds. The van der Waals surface area contributed by atoms with E-state index in [0.29, 0.717) is 13.0 Å². The molecule has 1 fully saturated rings. The number of piperidine rings is 1. The number of rotatable bonds is 3. The summed E-state index contributed by atoms with van der Waals surface area (Å²) in [4.78, 5) is 13.7. The van der Waals surface area contributed by atoms with Crippen molar-refractivity contribution < 1.29 is 9.53 Å². The van der Waals surface area contributed by atoms with Crippen LogP contribution in [-0.2, 0) is 9.53 Å². The Hall–Kier alpha value is -0.610. The number of methoxy groups -OCH3 is 1. The molecular weight excluding hydrogens is 192 g/mol. The third kappa shape index (κ3) is 3.18. The van der Waals surface area contributed by atoms with Crippen LogP contribution in [0.5, 0.6) is 0 Å². The molecule has 2 N–H and O–H groups in total. The van der Waals surface area contributed by atoms with Crippen LogP contribution in [0.3, 0.4) is 0 Å². The van der Waals surface area contributed by atoms with Gasteiger partial charge in [0.15, 0.2) is 0 Å². The van der Waals surface area contributed by atoms with Crippen molar-refractivity contribution in [3.05, 3.63) is 0 Å². The fourth-order valence-corrected chi connectivity index (χ4v) is 1.93. The molecule has 1 heterocycles. The van der Waals surface area contributed by atoms with Crippen LogP contribution in [0.15, 0.2) is 0 Å². The van der Waals surface area contributed by atoms with Gasteiger partial charge in [0.05, 0.1) is 13.0 Å². The van der Waals surface area contributed by atoms with Crippen LogP contribution in [0, 0.1) is 5.41 Å². The minimum atomic E-state index is 0.0288. The normalized spacial score (nSPS) is 25.3. The van der Waals surface area contributed by atoms with Crippen LogP contribution in [0.4, 0.5) is 0 Å². The third-order valence-corrected chi connectivity index (χ3v) is 3.18. The van der Waals surface area contributed by atoms with E-state index in [1.54, 1.807) is 7.11 Å². The van der Waals surface area contributed by atoms with E-state index < -0.39 is 0 Å². The molecule has 0 aliphatic carbocycles. The molecular formula is C11H22N2O2. The smallest absolute Gasteiger partial charge is 0.224 e. The van der Waals surface area contributed by atoms with Crippen LogP contribution in [0.25, 0.3) is 0 Å². The summed E-state index contributed by atoms with van der Waals surface area (Å²) in [5.41, 5.74) is 6.04. The number of carbonyl (C=O) groups excluding carboxylic acids is 1. The molecule has 0 saturated carbocycles. The van der Waals surface area contributed by atoms with Gasteiger partial charge in [-0.05, 0) is 11.8 Å². The molecule has 1 saturated heterocycles. The molecule has 1 aliphatic heterocycles. The third-order valence-electron chi connectivity index (χ3n) is 3.18. The van der Waals surface area contributed by atoms with Gasteiger partial charge in [0.2, 0.25) is 5.91 Å². The van der Waals surface area contributed by atoms with E-state index in [1.807, 2.05) is 4.90 Å². The number of nitrogens with zero attached hydrogens (tertiary/aromatic N) is 1. The summed E-state index contributed by atoms with van der Waals surface area (Å²) in [7, 11) is 1.61. The van der Waals surface area contributed by atoms with Crippen molar-refractivity contribution in [3.8, 4) is 0 Å². The van der Waals surface area contributed by atoms with Gasteiger partial charge in [-0.3, -0.25) is 4.79 Å². The molecule has 1 atom stereocenters. The zero-order valence-corrected chi connectivity index (χ0v) is 9.95. The van der Waals surface area contributed by atoms with Gasteiger partial charge < -0.3 is 15.4 Å². The number of carbonyl (C=O) groups is 1. The number of ether oxygens (including phenoxy) is 1. The summed E-state index contributed by atoms with van der Waals surface area (Å²) in [6.45, 7) is 6.28. The second-order valence-electron chi connectivity index (χ2n) is 4.94. The highest BCUT2D eigenvalue weighted by molar-refractivity contribution is 5.76. The predicted molar refractivity (Wildman–Crippen MR) is 59.4 cm³/mol. The van der Waals surface area contributed by atoms with Crippen molar-refractivity contribution >= 4 is 5.91 Å². The minimum absolute atomic E-state index is 0.0288. The quantitative estimate of drug-likeness (QED) is 0.749. The van der Waals surface area contributed by atoms with Gasteiger partial charge in [-0.25, -0.2) is 0 Å². The standard InChI is InChI=1S/C11H22N2O2/c1-11(2)8-13(6-4-9(11)12)10(14)5-7-15-3/h9H,4-8,12H2,1-3H3. The average Bonchev–Trinajstić information content (AvgIpc) is 2.18. The van der Waals surface area contributed by atoms with E-state index >= 15 is 0 Å². The molecule has 1 rings (SSSR count). The molecule has 1 unspecified atom stereocenters. The number of amides is 1. The molecule has 15 heavy (non-hydrogen) atoms. The van der Waals surface area contributed by atoms with Gasteiger partial charge in [0.25, 0.3) is 0 Å². The molecule has 0 aromatic carbocycles. The van der Waals surface area contributed by atoms with Gasteiger partial charge in [0.1, 0.15) is 0 Å². The zero-order valence-electron chi connectivity index (χ0n) is 9.95. The van der Waals surface area contributed by atoms with Crippen molar-refractivity contribution in [1.29, 1.82) is 0 Å². The van der Waals surface area contributed by atoms with Crippen molar-refractivity contribution in [2.24, 2.45) is 11.1 Å². The Kier molecular flexibility index (Phi) is 4.11. The first kappa shape index (κ1) is 12.5. The summed E-state index contributed by atoms with van der Waals surface area (Å²) in [5, 5.41) is 0. The van der Waals surface area contributed by atoms with Gasteiger partial charge in [0, 0.05) is 26.2 Å². The lowest BCUT2D eigenvalue weighted by atomic mass is 9.79. The lowest BCUT2D eigenvalue weighted by molar-refractivity contribution is -0.135. The van der Waals surface area contributed by atoms with Crippen molar-refractivity contribution in [2.45, 2.75) is 32.7 Å². The molecule has 4 nitrogen and oxygen atoms in total. The Morgan fingerprint density at radius 1 is 1.60 bits per heavy atom. The highest BCUT2D eigenvalue weighted by Crippen LogP contribution is 2.27. The average molecular weight is 214 g/mol. The first-order valence-corrected chi connectivity index (χ1v) is 5.49. The fourth-order valence-electron chi connectivity index (χ4n) is 1.93. The van der Waals surface area contributed by atoms with E-state index in [1.165, 1.54) is 0 Å². The Morgan fingerprint density at radius 2 is 2.27 bits per heavy atom. The summed E-state index contributed by atoms with van der Waals surface area (Å²) in [5.74, 6) is 0.178. The van der Waals surface area contributed by atoms with Crippen molar-refractivity contribution in [3.63, 3.8) is 0 Å². The van der Waals surface area contributed by atoms with Gasteiger partial charge in [-0.15, -0.1) is 0 Å². The molecule has 88 valence electrons. The number of likely N-dealkylation sites (tertiary alicyclic amines) is 1. The first-order valence-electron chi connectivity index (χ1n) is 5.49. The van der Waals surface area contributed by atoms with E-state index in [2.05, 4.69) is 13.8 Å². The van der Waals surface area contributed by atoms with Gasteiger partial charge in [-0.1, -0.05) is 13.8 Å². The maximum Gasteiger partial charge on any atom is 0.224 e. The van der Waals surface area contributed by atoms with E-state index in [0.717, 1.165) is 19.5 Å². The molecule has 4 heteroatoms. The summed E-state index contributed by atoms with van der Waals surface area (Å²) in [6, 6.07) is 0.198. The Balaban J connectivity index is 2.48. The van der Waals surface area contributed by atoms with Crippen molar-refractivity contribution in [2.75, 3.05) is 26.8 Å². The van der Waals surface area contributed by atoms with Gasteiger partial charge >= 0.3 is 0 Å². The van der Waals surface area contributed by atoms with Crippen LogP contribution in [0.2, 0.25) is 0 Å². The Labute approximate surface area is 91.8 Å². The summed E-state index contributed by atoms with van der Waals surface area (Å²) in [6.07, 6.45) is 1.37. The highest BCUT2D eigenvalue weighted by Gasteiger charge is 2.34. The monoisotopic (exact) mass is 214 g/mol. The molecule has 0 spiro atoms. The van der Waals surface area contributed by atoms with Crippen molar-refractivity contribution in [1.82, 2.24) is 4.90 Å². The summed E-state index contributed by atoms with van der Waals surface area (Å²) >= 11 is 0. The number of hydrogen-bond acceptors (Lipinski definition) is 3. The fraction of sp³-hybridized carbons (Fsp3) is 0.909. The lowest BCUT2D eigenvalue weighted by Gasteiger charge is -2.42. The second-order valence-corrected chi connectivity index (χ2v) is 4.94. The molecule has 0 bridgehead atoms.